The smallest absolute Gasteiger partial charge is 0.269 e. The van der Waals surface area contributed by atoms with Crippen LogP contribution in [-0.4, -0.2) is 28.0 Å². The predicted octanol–water partition coefficient (Wildman–Crippen LogP) is 2.41. The summed E-state index contributed by atoms with van der Waals surface area (Å²) in [5.74, 6) is 1.30. The fraction of sp³-hybridized carbons (Fsp3) is 0.0714. The third-order valence-electron chi connectivity index (χ3n) is 2.91. The minimum absolute atomic E-state index is 0.0222. The second-order valence-corrected chi connectivity index (χ2v) is 5.46. The molecule has 1 aliphatic rings. The number of hydrogen-bond donors (Lipinski definition) is 1. The molecule has 2 aromatic rings. The Balaban J connectivity index is 1.70. The zero-order valence-corrected chi connectivity index (χ0v) is 12.4. The number of amidine groups is 1. The molecule has 1 aromatic heterocycles. The monoisotopic (exact) mass is 330 g/mol. The largest absolute Gasteiger partial charge is 0.455 e. The van der Waals surface area contributed by atoms with E-state index in [1.807, 2.05) is 0 Å². The van der Waals surface area contributed by atoms with Crippen molar-refractivity contribution in [1.29, 1.82) is 0 Å². The van der Waals surface area contributed by atoms with Crippen LogP contribution in [0.15, 0.2) is 51.0 Å². The Kier molecular flexibility index (Phi) is 4.20. The first-order valence-electron chi connectivity index (χ1n) is 6.50. The van der Waals surface area contributed by atoms with Gasteiger partial charge < -0.3 is 9.73 Å². The summed E-state index contributed by atoms with van der Waals surface area (Å²) < 4.78 is 5.57. The molecule has 0 saturated carbocycles. The molecule has 2 heterocycles. The molecule has 1 aliphatic heterocycles. The third kappa shape index (κ3) is 3.64. The van der Waals surface area contributed by atoms with Crippen LogP contribution in [0.4, 0.5) is 5.69 Å². The number of rotatable bonds is 4. The number of carbonyl (C=O) groups excluding carboxylic acids is 1. The van der Waals surface area contributed by atoms with Crippen molar-refractivity contribution in [1.82, 2.24) is 5.32 Å². The van der Waals surface area contributed by atoms with Gasteiger partial charge in [-0.25, -0.2) is 0 Å². The lowest BCUT2D eigenvalue weighted by molar-refractivity contribution is -0.384. The van der Waals surface area contributed by atoms with Gasteiger partial charge in [0, 0.05) is 17.7 Å². The van der Waals surface area contributed by atoms with Crippen LogP contribution in [0.2, 0.25) is 0 Å². The molecule has 3 rings (SSSR count). The Bertz CT molecular complexity index is 810. The second kappa shape index (κ2) is 6.44. The first-order chi connectivity index (χ1) is 11.1. The lowest BCUT2D eigenvalue weighted by atomic mass is 10.1. The SMILES string of the molecule is O=C1CS/C(=N\N=Cc2ccc(-c3ccc([N+](=O)[O-])cc3)o2)N1. The van der Waals surface area contributed by atoms with Crippen LogP contribution in [0.25, 0.3) is 11.3 Å². The minimum Gasteiger partial charge on any atom is -0.455 e. The van der Waals surface area contributed by atoms with Crippen molar-refractivity contribution in [3.05, 3.63) is 52.3 Å². The molecular weight excluding hydrogens is 320 g/mol. The van der Waals surface area contributed by atoms with Gasteiger partial charge in [0.05, 0.1) is 16.9 Å². The molecule has 1 amide bonds. The van der Waals surface area contributed by atoms with Crippen LogP contribution >= 0.6 is 11.8 Å². The number of hydrogen-bond acceptors (Lipinski definition) is 7. The van der Waals surface area contributed by atoms with E-state index in [4.69, 9.17) is 4.42 Å². The van der Waals surface area contributed by atoms with E-state index in [1.54, 1.807) is 24.3 Å². The van der Waals surface area contributed by atoms with Gasteiger partial charge in [-0.2, -0.15) is 5.10 Å². The van der Waals surface area contributed by atoms with Crippen molar-refractivity contribution in [3.8, 4) is 11.3 Å². The van der Waals surface area contributed by atoms with Gasteiger partial charge in [-0.1, -0.05) is 11.8 Å². The Morgan fingerprint density at radius 1 is 1.26 bits per heavy atom. The van der Waals surface area contributed by atoms with Gasteiger partial charge in [0.25, 0.3) is 5.69 Å². The summed E-state index contributed by atoms with van der Waals surface area (Å²) in [5.41, 5.74) is 0.745. The number of carbonyl (C=O) groups is 1. The summed E-state index contributed by atoms with van der Waals surface area (Å²) in [6.45, 7) is 0. The molecule has 0 atom stereocenters. The summed E-state index contributed by atoms with van der Waals surface area (Å²) in [5, 5.41) is 21.3. The number of nitrogens with one attached hydrogen (secondary N) is 1. The highest BCUT2D eigenvalue weighted by atomic mass is 32.2. The minimum atomic E-state index is -0.455. The van der Waals surface area contributed by atoms with Crippen LogP contribution in [0.3, 0.4) is 0 Å². The van der Waals surface area contributed by atoms with E-state index in [0.717, 1.165) is 5.56 Å². The summed E-state index contributed by atoms with van der Waals surface area (Å²) >= 11 is 1.28. The third-order valence-corrected chi connectivity index (χ3v) is 3.77. The summed E-state index contributed by atoms with van der Waals surface area (Å²) in [6.07, 6.45) is 1.42. The maximum absolute atomic E-state index is 11.0. The number of benzene rings is 1. The molecule has 1 saturated heterocycles. The molecule has 1 N–H and O–H groups in total. The van der Waals surface area contributed by atoms with Crippen LogP contribution in [-0.2, 0) is 4.79 Å². The number of nitrogens with zero attached hydrogens (tertiary/aromatic N) is 3. The molecule has 23 heavy (non-hydrogen) atoms. The molecular formula is C14H10N4O4S. The molecule has 0 aliphatic carbocycles. The topological polar surface area (TPSA) is 110 Å². The second-order valence-electron chi connectivity index (χ2n) is 4.49. The van der Waals surface area contributed by atoms with Crippen molar-refractivity contribution in [2.45, 2.75) is 0 Å². The van der Waals surface area contributed by atoms with E-state index in [-0.39, 0.29) is 11.6 Å². The van der Waals surface area contributed by atoms with Crippen LogP contribution in [0.5, 0.6) is 0 Å². The average molecular weight is 330 g/mol. The van der Waals surface area contributed by atoms with Crippen LogP contribution in [0, 0.1) is 10.1 Å². The average Bonchev–Trinajstić information content (AvgIpc) is 3.17. The highest BCUT2D eigenvalue weighted by Gasteiger charge is 2.16. The van der Waals surface area contributed by atoms with Gasteiger partial charge in [-0.3, -0.25) is 14.9 Å². The van der Waals surface area contributed by atoms with E-state index in [9.17, 15) is 14.9 Å². The van der Waals surface area contributed by atoms with Gasteiger partial charge >= 0.3 is 0 Å². The van der Waals surface area contributed by atoms with E-state index < -0.39 is 4.92 Å². The van der Waals surface area contributed by atoms with Crippen molar-refractivity contribution in [3.63, 3.8) is 0 Å². The summed E-state index contributed by atoms with van der Waals surface area (Å²) in [7, 11) is 0. The first-order valence-corrected chi connectivity index (χ1v) is 7.49. The molecule has 0 radical (unpaired) electrons. The first kappa shape index (κ1) is 15.0. The predicted molar refractivity (Wildman–Crippen MR) is 86.4 cm³/mol. The number of amides is 1. The van der Waals surface area contributed by atoms with Gasteiger partial charge in [0.2, 0.25) is 5.91 Å². The molecule has 0 spiro atoms. The van der Waals surface area contributed by atoms with Gasteiger partial charge in [0.15, 0.2) is 5.17 Å². The summed E-state index contributed by atoms with van der Waals surface area (Å²) in [4.78, 5) is 21.2. The van der Waals surface area contributed by atoms with E-state index in [1.165, 1.54) is 30.1 Å². The van der Waals surface area contributed by atoms with Gasteiger partial charge in [-0.05, 0) is 24.3 Å². The maximum Gasteiger partial charge on any atom is 0.269 e. The Labute approximate surface area is 134 Å². The van der Waals surface area contributed by atoms with Crippen molar-refractivity contribution < 1.29 is 14.1 Å². The van der Waals surface area contributed by atoms with E-state index >= 15 is 0 Å². The summed E-state index contributed by atoms with van der Waals surface area (Å²) in [6, 6.07) is 9.50. The fourth-order valence-electron chi connectivity index (χ4n) is 1.84. The maximum atomic E-state index is 11.0. The van der Waals surface area contributed by atoms with Crippen LogP contribution in [0.1, 0.15) is 5.76 Å². The molecule has 1 aromatic carbocycles. The highest BCUT2D eigenvalue weighted by Crippen LogP contribution is 2.24. The number of nitro groups is 1. The molecule has 1 fully saturated rings. The lowest BCUT2D eigenvalue weighted by Crippen LogP contribution is -2.19. The number of furan rings is 1. The lowest BCUT2D eigenvalue weighted by Gasteiger charge is -1.96. The standard InChI is InChI=1S/C14H10N4O4S/c19-13-8-23-14(16-13)17-15-7-11-5-6-12(22-11)9-1-3-10(4-2-9)18(20)21/h1-7H,8H2,(H,16,17,19). The van der Waals surface area contributed by atoms with E-state index in [0.29, 0.717) is 22.4 Å². The Hall–Kier alpha value is -2.94. The van der Waals surface area contributed by atoms with E-state index in [2.05, 4.69) is 15.5 Å². The molecule has 9 heteroatoms. The van der Waals surface area contributed by atoms with Crippen LogP contribution < -0.4 is 5.32 Å². The molecule has 8 nitrogen and oxygen atoms in total. The molecule has 116 valence electrons. The normalized spacial score (nSPS) is 16.2. The van der Waals surface area contributed by atoms with Crippen molar-refractivity contribution >= 4 is 34.7 Å². The highest BCUT2D eigenvalue weighted by molar-refractivity contribution is 8.15. The molecule has 0 bridgehead atoms. The quantitative estimate of drug-likeness (QED) is 0.526. The number of non-ortho nitro benzene ring substituents is 1. The molecule has 0 unspecified atom stereocenters. The number of thioether (sulfide) groups is 1. The van der Waals surface area contributed by atoms with Gasteiger partial charge in [-0.15, -0.1) is 5.10 Å². The fourth-order valence-corrected chi connectivity index (χ4v) is 2.47. The zero-order valence-electron chi connectivity index (χ0n) is 11.6. The Morgan fingerprint density at radius 3 is 2.70 bits per heavy atom. The van der Waals surface area contributed by atoms with Gasteiger partial charge in [0.1, 0.15) is 11.5 Å². The van der Waals surface area contributed by atoms with Crippen molar-refractivity contribution in [2.75, 3.05) is 5.75 Å². The Morgan fingerprint density at radius 2 is 2.04 bits per heavy atom. The van der Waals surface area contributed by atoms with Crippen molar-refractivity contribution in [2.24, 2.45) is 10.2 Å². The number of nitro benzene ring substituents is 1. The zero-order chi connectivity index (χ0) is 16.2.